The molecule has 0 unspecified atom stereocenters. The summed E-state index contributed by atoms with van der Waals surface area (Å²) >= 11 is 0. The molecule has 0 aromatic carbocycles. The molecular weight excluding hydrogens is 148 g/mol. The fourth-order valence-corrected chi connectivity index (χ4v) is 0.277. The minimum atomic E-state index is -0.588. The molecule has 0 aliphatic heterocycles. The predicted octanol–water partition coefficient (Wildman–Crippen LogP) is 1.18. The van der Waals surface area contributed by atoms with E-state index in [1.807, 2.05) is 0 Å². The average Bonchev–Trinajstić information content (AvgIpc) is 1.90. The van der Waals surface area contributed by atoms with Gasteiger partial charge in [0.25, 0.3) is 0 Å². The van der Waals surface area contributed by atoms with Crippen LogP contribution in [0.2, 0.25) is 0 Å². The van der Waals surface area contributed by atoms with Gasteiger partial charge < -0.3 is 14.6 Å². The average molecular weight is 164 g/mol. The van der Waals surface area contributed by atoms with Gasteiger partial charge in [0, 0.05) is 6.61 Å². The summed E-state index contributed by atoms with van der Waals surface area (Å²) < 4.78 is 8.84. The molecule has 1 N–H and O–H groups in total. The van der Waals surface area contributed by atoms with Gasteiger partial charge in [0.1, 0.15) is 0 Å². The van der Waals surface area contributed by atoms with Crippen LogP contribution in [0.25, 0.3) is 0 Å². The lowest BCUT2D eigenvalue weighted by molar-refractivity contribution is 0.0630. The molecular formula is C7H16O4. The molecule has 0 spiro atoms. The molecule has 0 bridgehead atoms. The van der Waals surface area contributed by atoms with Gasteiger partial charge in [-0.15, -0.1) is 0 Å². The van der Waals surface area contributed by atoms with Crippen LogP contribution in [0.15, 0.2) is 0 Å². The van der Waals surface area contributed by atoms with Crippen LogP contribution in [-0.4, -0.2) is 31.1 Å². The highest BCUT2D eigenvalue weighted by molar-refractivity contribution is 5.59. The summed E-state index contributed by atoms with van der Waals surface area (Å²) in [5.74, 6) is 0. The van der Waals surface area contributed by atoms with Crippen molar-refractivity contribution in [3.63, 3.8) is 0 Å². The van der Waals surface area contributed by atoms with Crippen LogP contribution < -0.4 is 0 Å². The lowest BCUT2D eigenvalue weighted by Gasteiger charge is -1.98. The van der Waals surface area contributed by atoms with Crippen molar-refractivity contribution in [1.29, 1.82) is 0 Å². The molecule has 11 heavy (non-hydrogen) atoms. The lowest BCUT2D eigenvalue weighted by Crippen LogP contribution is -2.05. The van der Waals surface area contributed by atoms with Crippen molar-refractivity contribution < 1.29 is 19.4 Å². The number of carbonyl (C=O) groups excluding carboxylic acids is 1. The molecule has 0 aromatic rings. The van der Waals surface area contributed by atoms with Gasteiger partial charge in [-0.2, -0.15) is 0 Å². The number of rotatable bonds is 2. The zero-order valence-electron chi connectivity index (χ0n) is 7.29. The third kappa shape index (κ3) is 17.6. The Hall–Kier alpha value is -0.770. The SMILES string of the molecule is CCO.CCOC(=O)OCC. The van der Waals surface area contributed by atoms with Crippen molar-refractivity contribution in [3.05, 3.63) is 0 Å². The number of aliphatic hydroxyl groups is 1. The molecule has 68 valence electrons. The maximum atomic E-state index is 10.2. The van der Waals surface area contributed by atoms with Gasteiger partial charge in [0.05, 0.1) is 13.2 Å². The quantitative estimate of drug-likeness (QED) is 0.622. The van der Waals surface area contributed by atoms with E-state index in [2.05, 4.69) is 9.47 Å². The van der Waals surface area contributed by atoms with E-state index < -0.39 is 6.16 Å². The van der Waals surface area contributed by atoms with Gasteiger partial charge in [0.15, 0.2) is 0 Å². The fraction of sp³-hybridized carbons (Fsp3) is 0.857. The van der Waals surface area contributed by atoms with E-state index in [9.17, 15) is 4.79 Å². The van der Waals surface area contributed by atoms with Crippen LogP contribution >= 0.6 is 0 Å². The lowest BCUT2D eigenvalue weighted by atomic mass is 10.8. The highest BCUT2D eigenvalue weighted by Crippen LogP contribution is 1.81. The summed E-state index contributed by atoms with van der Waals surface area (Å²) in [5, 5.41) is 7.57. The summed E-state index contributed by atoms with van der Waals surface area (Å²) in [6.07, 6.45) is -0.588. The smallest absolute Gasteiger partial charge is 0.435 e. The number of hydrogen-bond acceptors (Lipinski definition) is 4. The second kappa shape index (κ2) is 12.0. The Bertz CT molecular complexity index is 74.5. The first-order chi connectivity index (χ1) is 5.22. The van der Waals surface area contributed by atoms with E-state index >= 15 is 0 Å². The van der Waals surface area contributed by atoms with Crippen molar-refractivity contribution in [2.24, 2.45) is 0 Å². The normalized spacial score (nSPS) is 7.64. The largest absolute Gasteiger partial charge is 0.508 e. The molecule has 0 saturated heterocycles. The molecule has 0 atom stereocenters. The Balaban J connectivity index is 0. The molecule has 0 heterocycles. The molecule has 0 aliphatic rings. The van der Waals surface area contributed by atoms with E-state index in [1.54, 1.807) is 20.8 Å². The van der Waals surface area contributed by atoms with Crippen molar-refractivity contribution in [3.8, 4) is 0 Å². The molecule has 4 nitrogen and oxygen atoms in total. The molecule has 0 amide bonds. The summed E-state index contributed by atoms with van der Waals surface area (Å²) in [4.78, 5) is 10.2. The molecule has 0 aromatic heterocycles. The van der Waals surface area contributed by atoms with Crippen molar-refractivity contribution in [2.75, 3.05) is 19.8 Å². The highest BCUT2D eigenvalue weighted by Gasteiger charge is 1.96. The summed E-state index contributed by atoms with van der Waals surface area (Å²) in [7, 11) is 0. The number of aliphatic hydroxyl groups excluding tert-OH is 1. The second-order valence-electron chi connectivity index (χ2n) is 1.43. The molecule has 0 aliphatic carbocycles. The molecule has 0 saturated carbocycles. The van der Waals surface area contributed by atoms with Crippen molar-refractivity contribution >= 4 is 6.16 Å². The zero-order valence-corrected chi connectivity index (χ0v) is 7.29. The Kier molecular flexibility index (Phi) is 14.0. The number of carbonyl (C=O) groups is 1. The minimum absolute atomic E-state index is 0.250. The Morgan fingerprint density at radius 3 is 1.64 bits per heavy atom. The summed E-state index contributed by atoms with van der Waals surface area (Å²) in [6.45, 7) is 6.14. The standard InChI is InChI=1S/C5H10O3.C2H6O/c1-3-7-5(6)8-4-2;1-2-3/h3-4H2,1-2H3;3H,2H2,1H3. The van der Waals surface area contributed by atoms with Crippen LogP contribution in [0.1, 0.15) is 20.8 Å². The number of ether oxygens (including phenoxy) is 2. The fourth-order valence-electron chi connectivity index (χ4n) is 0.277. The van der Waals surface area contributed by atoms with E-state index in [1.165, 1.54) is 0 Å². The first-order valence-electron chi connectivity index (χ1n) is 3.63. The number of hydrogen-bond donors (Lipinski definition) is 1. The van der Waals surface area contributed by atoms with Crippen LogP contribution in [0, 0.1) is 0 Å². The summed E-state index contributed by atoms with van der Waals surface area (Å²) in [6, 6.07) is 0. The first kappa shape index (κ1) is 12.9. The Labute approximate surface area is 67.1 Å². The first-order valence-corrected chi connectivity index (χ1v) is 3.63. The van der Waals surface area contributed by atoms with E-state index in [4.69, 9.17) is 5.11 Å². The Morgan fingerprint density at radius 2 is 1.45 bits per heavy atom. The minimum Gasteiger partial charge on any atom is -0.435 e. The predicted molar refractivity (Wildman–Crippen MR) is 41.4 cm³/mol. The van der Waals surface area contributed by atoms with Crippen molar-refractivity contribution in [2.45, 2.75) is 20.8 Å². The van der Waals surface area contributed by atoms with Crippen LogP contribution in [0.4, 0.5) is 4.79 Å². The molecule has 0 rings (SSSR count). The molecule has 4 heteroatoms. The van der Waals surface area contributed by atoms with Crippen molar-refractivity contribution in [1.82, 2.24) is 0 Å². The third-order valence-corrected chi connectivity index (χ3v) is 0.524. The van der Waals surface area contributed by atoms with Gasteiger partial charge in [-0.1, -0.05) is 0 Å². The monoisotopic (exact) mass is 164 g/mol. The van der Waals surface area contributed by atoms with E-state index in [0.29, 0.717) is 13.2 Å². The topological polar surface area (TPSA) is 55.8 Å². The van der Waals surface area contributed by atoms with E-state index in [0.717, 1.165) is 0 Å². The Morgan fingerprint density at radius 1 is 1.18 bits per heavy atom. The zero-order chi connectivity index (χ0) is 9.11. The van der Waals surface area contributed by atoms with Crippen LogP contribution in [0.5, 0.6) is 0 Å². The third-order valence-electron chi connectivity index (χ3n) is 0.524. The summed E-state index contributed by atoms with van der Waals surface area (Å²) in [5.41, 5.74) is 0. The maximum absolute atomic E-state index is 10.2. The maximum Gasteiger partial charge on any atom is 0.508 e. The van der Waals surface area contributed by atoms with Gasteiger partial charge in [-0.05, 0) is 20.8 Å². The van der Waals surface area contributed by atoms with Gasteiger partial charge in [-0.25, -0.2) is 4.79 Å². The van der Waals surface area contributed by atoms with E-state index in [-0.39, 0.29) is 6.61 Å². The van der Waals surface area contributed by atoms with Gasteiger partial charge >= 0.3 is 6.16 Å². The molecule has 0 radical (unpaired) electrons. The molecule has 0 fully saturated rings. The second-order valence-corrected chi connectivity index (χ2v) is 1.43. The highest BCUT2D eigenvalue weighted by atomic mass is 16.7. The van der Waals surface area contributed by atoms with Crippen LogP contribution in [-0.2, 0) is 9.47 Å². The van der Waals surface area contributed by atoms with Gasteiger partial charge in [0.2, 0.25) is 0 Å². The van der Waals surface area contributed by atoms with Crippen LogP contribution in [0.3, 0.4) is 0 Å². The van der Waals surface area contributed by atoms with Gasteiger partial charge in [-0.3, -0.25) is 0 Å².